The molecule has 0 aliphatic heterocycles. The largest absolute Gasteiger partial charge is 0.310 e. The Morgan fingerprint density at radius 3 is 2.80 bits per heavy atom. The number of hydrogen-bond acceptors (Lipinski definition) is 1. The van der Waals surface area contributed by atoms with Crippen molar-refractivity contribution in [2.24, 2.45) is 5.92 Å². The molecule has 1 aromatic carbocycles. The minimum atomic E-state index is 0.680. The molecule has 0 saturated heterocycles. The second-order valence-electron chi connectivity index (χ2n) is 4.85. The van der Waals surface area contributed by atoms with E-state index >= 15 is 0 Å². The molecular formula is C14H21N. The van der Waals surface area contributed by atoms with Crippen LogP contribution in [-0.2, 0) is 6.54 Å². The lowest BCUT2D eigenvalue weighted by atomic mass is 9.80. The van der Waals surface area contributed by atoms with E-state index in [4.69, 9.17) is 0 Å². The first-order valence-corrected chi connectivity index (χ1v) is 6.04. The summed E-state index contributed by atoms with van der Waals surface area (Å²) in [7, 11) is 0. The summed E-state index contributed by atoms with van der Waals surface area (Å²) in [4.78, 5) is 0. The summed E-state index contributed by atoms with van der Waals surface area (Å²) in [5, 5.41) is 3.63. The minimum absolute atomic E-state index is 0.680. The molecule has 1 saturated carbocycles. The summed E-state index contributed by atoms with van der Waals surface area (Å²) in [5.41, 5.74) is 2.76. The second-order valence-corrected chi connectivity index (χ2v) is 4.85. The van der Waals surface area contributed by atoms with Crippen LogP contribution in [0.15, 0.2) is 24.3 Å². The molecule has 15 heavy (non-hydrogen) atoms. The number of nitrogens with one attached hydrogen (secondary N) is 1. The van der Waals surface area contributed by atoms with E-state index in [2.05, 4.69) is 43.4 Å². The van der Waals surface area contributed by atoms with Gasteiger partial charge in [0, 0.05) is 12.6 Å². The molecule has 1 N–H and O–H groups in total. The summed E-state index contributed by atoms with van der Waals surface area (Å²) in [6.45, 7) is 5.48. The molecule has 1 fully saturated rings. The minimum Gasteiger partial charge on any atom is -0.310 e. The fourth-order valence-electron chi connectivity index (χ4n) is 2.21. The Hall–Kier alpha value is -0.820. The Bertz CT molecular complexity index is 315. The molecule has 1 aliphatic carbocycles. The van der Waals surface area contributed by atoms with Gasteiger partial charge in [0.15, 0.2) is 0 Å². The first-order valence-electron chi connectivity index (χ1n) is 6.04. The summed E-state index contributed by atoms with van der Waals surface area (Å²) in [6.07, 6.45) is 4.27. The van der Waals surface area contributed by atoms with Gasteiger partial charge < -0.3 is 5.32 Å². The van der Waals surface area contributed by atoms with E-state index in [9.17, 15) is 0 Å². The highest BCUT2D eigenvalue weighted by Crippen LogP contribution is 2.29. The quantitative estimate of drug-likeness (QED) is 0.792. The Morgan fingerprint density at radius 2 is 2.20 bits per heavy atom. The third-order valence-corrected chi connectivity index (χ3v) is 3.57. The van der Waals surface area contributed by atoms with Crippen LogP contribution in [0.5, 0.6) is 0 Å². The van der Waals surface area contributed by atoms with Gasteiger partial charge in [-0.3, -0.25) is 0 Å². The molecule has 0 spiro atoms. The molecular weight excluding hydrogens is 182 g/mol. The molecule has 82 valence electrons. The smallest absolute Gasteiger partial charge is 0.0208 e. The number of rotatable bonds is 4. The predicted octanol–water partition coefficient (Wildman–Crippen LogP) is 3.27. The van der Waals surface area contributed by atoms with Gasteiger partial charge in [-0.05, 0) is 38.2 Å². The van der Waals surface area contributed by atoms with Gasteiger partial charge >= 0.3 is 0 Å². The summed E-state index contributed by atoms with van der Waals surface area (Å²) < 4.78 is 0. The normalized spacial score (nSPS) is 18.5. The van der Waals surface area contributed by atoms with E-state index in [0.717, 1.165) is 12.5 Å². The Morgan fingerprint density at radius 1 is 1.40 bits per heavy atom. The SMILES string of the molecule is Cc1cccc(CN[C@@H](C)C2CCC2)c1. The fraction of sp³-hybridized carbons (Fsp3) is 0.571. The fourth-order valence-corrected chi connectivity index (χ4v) is 2.21. The number of benzene rings is 1. The topological polar surface area (TPSA) is 12.0 Å². The molecule has 1 atom stereocenters. The molecule has 0 heterocycles. The first kappa shape index (κ1) is 10.7. The highest BCUT2D eigenvalue weighted by atomic mass is 14.9. The van der Waals surface area contributed by atoms with Crippen molar-refractivity contribution in [1.29, 1.82) is 0 Å². The maximum Gasteiger partial charge on any atom is 0.0208 e. The van der Waals surface area contributed by atoms with Gasteiger partial charge in [-0.2, -0.15) is 0 Å². The van der Waals surface area contributed by atoms with Gasteiger partial charge in [0.05, 0.1) is 0 Å². The highest BCUT2D eigenvalue weighted by Gasteiger charge is 2.23. The zero-order chi connectivity index (χ0) is 10.7. The van der Waals surface area contributed by atoms with Crippen LogP contribution < -0.4 is 5.32 Å². The summed E-state index contributed by atoms with van der Waals surface area (Å²) in [6, 6.07) is 9.44. The van der Waals surface area contributed by atoms with Crippen LogP contribution in [0.1, 0.15) is 37.3 Å². The van der Waals surface area contributed by atoms with Crippen LogP contribution >= 0.6 is 0 Å². The van der Waals surface area contributed by atoms with E-state index in [1.54, 1.807) is 0 Å². The molecule has 1 nitrogen and oxygen atoms in total. The molecule has 0 amide bonds. The van der Waals surface area contributed by atoms with Crippen molar-refractivity contribution < 1.29 is 0 Å². The van der Waals surface area contributed by atoms with Gasteiger partial charge in [0.1, 0.15) is 0 Å². The van der Waals surface area contributed by atoms with Crippen molar-refractivity contribution in [2.45, 2.75) is 45.7 Å². The van der Waals surface area contributed by atoms with Gasteiger partial charge in [-0.1, -0.05) is 36.2 Å². The van der Waals surface area contributed by atoms with E-state index in [1.165, 1.54) is 30.4 Å². The zero-order valence-corrected chi connectivity index (χ0v) is 9.79. The maximum atomic E-state index is 3.63. The average Bonchev–Trinajstić information content (AvgIpc) is 2.12. The first-order chi connectivity index (χ1) is 7.25. The van der Waals surface area contributed by atoms with Crippen molar-refractivity contribution in [3.8, 4) is 0 Å². The van der Waals surface area contributed by atoms with E-state index in [0.29, 0.717) is 6.04 Å². The van der Waals surface area contributed by atoms with Crippen molar-refractivity contribution in [2.75, 3.05) is 0 Å². The monoisotopic (exact) mass is 203 g/mol. The molecule has 0 aromatic heterocycles. The van der Waals surface area contributed by atoms with Crippen LogP contribution in [0.25, 0.3) is 0 Å². The molecule has 1 aliphatic rings. The van der Waals surface area contributed by atoms with Gasteiger partial charge in [-0.25, -0.2) is 0 Å². The molecule has 2 rings (SSSR count). The molecule has 0 radical (unpaired) electrons. The lowest BCUT2D eigenvalue weighted by Gasteiger charge is -2.32. The van der Waals surface area contributed by atoms with Crippen molar-refractivity contribution in [3.05, 3.63) is 35.4 Å². The lowest BCUT2D eigenvalue weighted by molar-refractivity contribution is 0.240. The predicted molar refractivity (Wildman–Crippen MR) is 64.8 cm³/mol. The number of hydrogen-bond donors (Lipinski definition) is 1. The van der Waals surface area contributed by atoms with E-state index < -0.39 is 0 Å². The van der Waals surface area contributed by atoms with Crippen molar-refractivity contribution in [1.82, 2.24) is 5.32 Å². The summed E-state index contributed by atoms with van der Waals surface area (Å²) in [5.74, 6) is 0.926. The third-order valence-electron chi connectivity index (χ3n) is 3.57. The standard InChI is InChI=1S/C14H21N/c1-11-5-3-6-13(9-11)10-15-12(2)14-7-4-8-14/h3,5-6,9,12,14-15H,4,7-8,10H2,1-2H3/t12-/m0/s1. The van der Waals surface area contributed by atoms with Gasteiger partial charge in [0.2, 0.25) is 0 Å². The van der Waals surface area contributed by atoms with E-state index in [-0.39, 0.29) is 0 Å². The van der Waals surface area contributed by atoms with Crippen LogP contribution in [0, 0.1) is 12.8 Å². The van der Waals surface area contributed by atoms with Crippen LogP contribution in [0.4, 0.5) is 0 Å². The highest BCUT2D eigenvalue weighted by molar-refractivity contribution is 5.22. The van der Waals surface area contributed by atoms with E-state index in [1.807, 2.05) is 0 Å². The third kappa shape index (κ3) is 2.82. The number of aryl methyl sites for hydroxylation is 1. The summed E-state index contributed by atoms with van der Waals surface area (Å²) >= 11 is 0. The zero-order valence-electron chi connectivity index (χ0n) is 9.79. The van der Waals surface area contributed by atoms with Crippen LogP contribution in [-0.4, -0.2) is 6.04 Å². The molecule has 1 heteroatoms. The van der Waals surface area contributed by atoms with Gasteiger partial charge in [0.25, 0.3) is 0 Å². The lowest BCUT2D eigenvalue weighted by Crippen LogP contribution is -2.36. The second kappa shape index (κ2) is 4.80. The Labute approximate surface area is 92.9 Å². The Kier molecular flexibility index (Phi) is 3.42. The average molecular weight is 203 g/mol. The van der Waals surface area contributed by atoms with Crippen molar-refractivity contribution >= 4 is 0 Å². The van der Waals surface area contributed by atoms with Crippen LogP contribution in [0.3, 0.4) is 0 Å². The Balaban J connectivity index is 1.81. The van der Waals surface area contributed by atoms with Gasteiger partial charge in [-0.15, -0.1) is 0 Å². The van der Waals surface area contributed by atoms with Crippen molar-refractivity contribution in [3.63, 3.8) is 0 Å². The molecule has 0 unspecified atom stereocenters. The molecule has 0 bridgehead atoms. The molecule has 1 aromatic rings. The maximum absolute atomic E-state index is 3.63. The van der Waals surface area contributed by atoms with Crippen LogP contribution in [0.2, 0.25) is 0 Å².